The number of likely N-dealkylation sites (tertiary alicyclic amines) is 1. The molecular weight excluding hydrogens is 342 g/mol. The molecule has 1 fully saturated rings. The molecule has 2 aromatic carbocycles. The molecule has 1 saturated heterocycles. The van der Waals surface area contributed by atoms with E-state index in [0.717, 1.165) is 36.6 Å². The number of carbonyl (C=O) groups excluding carboxylic acids is 1. The summed E-state index contributed by atoms with van der Waals surface area (Å²) in [5.41, 5.74) is 1.85. The largest absolute Gasteiger partial charge is 0.486 e. The van der Waals surface area contributed by atoms with Gasteiger partial charge in [0.15, 0.2) is 11.5 Å². The Morgan fingerprint density at radius 2 is 1.85 bits per heavy atom. The lowest BCUT2D eigenvalue weighted by Crippen LogP contribution is -2.41. The van der Waals surface area contributed by atoms with Gasteiger partial charge in [-0.05, 0) is 37.6 Å². The third-order valence-electron chi connectivity index (χ3n) is 5.10. The maximum Gasteiger partial charge on any atom is 0.241 e. The van der Waals surface area contributed by atoms with Gasteiger partial charge in [-0.3, -0.25) is 9.69 Å². The molecule has 0 bridgehead atoms. The number of hydrogen-bond donors (Lipinski definition) is 2. The van der Waals surface area contributed by atoms with Crippen molar-refractivity contribution in [1.82, 2.24) is 4.90 Å². The van der Waals surface area contributed by atoms with Gasteiger partial charge >= 0.3 is 0 Å². The van der Waals surface area contributed by atoms with Crippen LogP contribution < -0.4 is 20.1 Å². The van der Waals surface area contributed by atoms with Crippen LogP contribution in [0.4, 0.5) is 11.4 Å². The van der Waals surface area contributed by atoms with Crippen LogP contribution in [0.1, 0.15) is 13.3 Å². The van der Waals surface area contributed by atoms with Crippen molar-refractivity contribution < 1.29 is 14.3 Å². The standard InChI is InChI=1S/C21H25N3O3/c1-15(24-10-9-18(14-24)22-16-5-3-2-4-6-16)21(25)23-17-7-8-19-20(13-17)27-12-11-26-19/h2-8,13,15,18,22H,9-12,14H2,1H3,(H,23,25). The Balaban J connectivity index is 1.33. The number of fused-ring (bicyclic) bond motifs is 1. The summed E-state index contributed by atoms with van der Waals surface area (Å²) in [4.78, 5) is 14.9. The molecule has 2 N–H and O–H groups in total. The highest BCUT2D eigenvalue weighted by atomic mass is 16.6. The van der Waals surface area contributed by atoms with Crippen molar-refractivity contribution in [3.63, 3.8) is 0 Å². The van der Waals surface area contributed by atoms with Crippen LogP contribution in [0.5, 0.6) is 11.5 Å². The van der Waals surface area contributed by atoms with Crippen molar-refractivity contribution in [3.8, 4) is 11.5 Å². The minimum absolute atomic E-state index is 0.00737. The molecule has 0 aromatic heterocycles. The maximum atomic E-state index is 12.7. The fourth-order valence-electron chi connectivity index (χ4n) is 3.56. The first-order chi connectivity index (χ1) is 13.2. The third-order valence-corrected chi connectivity index (χ3v) is 5.10. The Labute approximate surface area is 159 Å². The number of amides is 1. The van der Waals surface area contributed by atoms with Gasteiger partial charge in [-0.1, -0.05) is 18.2 Å². The minimum Gasteiger partial charge on any atom is -0.486 e. The summed E-state index contributed by atoms with van der Waals surface area (Å²) in [7, 11) is 0. The maximum absolute atomic E-state index is 12.7. The lowest BCUT2D eigenvalue weighted by Gasteiger charge is -2.24. The number of rotatable bonds is 5. The molecule has 4 rings (SSSR count). The van der Waals surface area contributed by atoms with E-state index in [9.17, 15) is 4.79 Å². The van der Waals surface area contributed by atoms with Crippen molar-refractivity contribution in [3.05, 3.63) is 48.5 Å². The SMILES string of the molecule is CC(C(=O)Nc1ccc2c(c1)OCCO2)N1CCC(Nc2ccccc2)C1. The molecule has 2 aromatic rings. The van der Waals surface area contributed by atoms with Gasteiger partial charge in [0.1, 0.15) is 13.2 Å². The van der Waals surface area contributed by atoms with Gasteiger partial charge in [-0.25, -0.2) is 0 Å². The zero-order valence-electron chi connectivity index (χ0n) is 15.5. The first-order valence-electron chi connectivity index (χ1n) is 9.45. The van der Waals surface area contributed by atoms with Crippen LogP contribution in [0.2, 0.25) is 0 Å². The van der Waals surface area contributed by atoms with Crippen molar-refractivity contribution >= 4 is 17.3 Å². The summed E-state index contributed by atoms with van der Waals surface area (Å²) < 4.78 is 11.1. The zero-order valence-corrected chi connectivity index (χ0v) is 15.5. The second kappa shape index (κ2) is 7.88. The number of para-hydroxylation sites is 1. The highest BCUT2D eigenvalue weighted by Crippen LogP contribution is 2.32. The average molecular weight is 367 g/mol. The summed E-state index contributed by atoms with van der Waals surface area (Å²) >= 11 is 0. The smallest absolute Gasteiger partial charge is 0.241 e. The summed E-state index contributed by atoms with van der Waals surface area (Å²) in [6.07, 6.45) is 1.02. The fourth-order valence-corrected chi connectivity index (χ4v) is 3.56. The van der Waals surface area contributed by atoms with Crippen LogP contribution >= 0.6 is 0 Å². The van der Waals surface area contributed by atoms with Crippen molar-refractivity contribution in [1.29, 1.82) is 0 Å². The number of hydrogen-bond acceptors (Lipinski definition) is 5. The van der Waals surface area contributed by atoms with E-state index in [0.29, 0.717) is 25.0 Å². The molecule has 2 heterocycles. The third kappa shape index (κ3) is 4.17. The molecule has 142 valence electrons. The predicted octanol–water partition coefficient (Wildman–Crippen LogP) is 2.97. The number of carbonyl (C=O) groups is 1. The van der Waals surface area contributed by atoms with Gasteiger partial charge in [0, 0.05) is 36.6 Å². The van der Waals surface area contributed by atoms with Crippen LogP contribution in [0.15, 0.2) is 48.5 Å². The van der Waals surface area contributed by atoms with Gasteiger partial charge in [-0.15, -0.1) is 0 Å². The topological polar surface area (TPSA) is 62.8 Å². The molecule has 27 heavy (non-hydrogen) atoms. The van der Waals surface area contributed by atoms with E-state index >= 15 is 0 Å². The lowest BCUT2D eigenvalue weighted by molar-refractivity contribution is -0.120. The predicted molar refractivity (Wildman–Crippen MR) is 106 cm³/mol. The van der Waals surface area contributed by atoms with Gasteiger partial charge in [0.05, 0.1) is 6.04 Å². The molecule has 1 amide bonds. The monoisotopic (exact) mass is 367 g/mol. The van der Waals surface area contributed by atoms with Crippen LogP contribution in [0.3, 0.4) is 0 Å². The van der Waals surface area contributed by atoms with Crippen molar-refractivity contribution in [2.75, 3.05) is 36.9 Å². The Morgan fingerprint density at radius 3 is 2.67 bits per heavy atom. The molecule has 0 saturated carbocycles. The molecule has 0 aliphatic carbocycles. The van der Waals surface area contributed by atoms with E-state index in [1.165, 1.54) is 0 Å². The van der Waals surface area contributed by atoms with E-state index in [-0.39, 0.29) is 11.9 Å². The number of nitrogens with zero attached hydrogens (tertiary/aromatic N) is 1. The summed E-state index contributed by atoms with van der Waals surface area (Å²) in [5, 5.41) is 6.54. The van der Waals surface area contributed by atoms with Crippen LogP contribution in [0, 0.1) is 0 Å². The molecule has 2 atom stereocenters. The van der Waals surface area contributed by atoms with Crippen LogP contribution in [-0.2, 0) is 4.79 Å². The van der Waals surface area contributed by atoms with E-state index in [4.69, 9.17) is 9.47 Å². The van der Waals surface area contributed by atoms with Gasteiger partial charge < -0.3 is 20.1 Å². The zero-order chi connectivity index (χ0) is 18.6. The highest BCUT2D eigenvalue weighted by molar-refractivity contribution is 5.94. The van der Waals surface area contributed by atoms with Crippen LogP contribution in [-0.4, -0.2) is 49.2 Å². The summed E-state index contributed by atoms with van der Waals surface area (Å²) in [6.45, 7) is 4.80. The molecule has 2 unspecified atom stereocenters. The van der Waals surface area contributed by atoms with Crippen LogP contribution in [0.25, 0.3) is 0 Å². The minimum atomic E-state index is -0.194. The molecule has 2 aliphatic heterocycles. The molecule has 6 nitrogen and oxygen atoms in total. The Kier molecular flexibility index (Phi) is 5.16. The lowest BCUT2D eigenvalue weighted by atomic mass is 10.2. The quantitative estimate of drug-likeness (QED) is 0.851. The summed E-state index contributed by atoms with van der Waals surface area (Å²) in [5.74, 6) is 1.40. The first kappa shape index (κ1) is 17.7. The van der Waals surface area contributed by atoms with E-state index < -0.39 is 0 Å². The fraction of sp³-hybridized carbons (Fsp3) is 0.381. The average Bonchev–Trinajstić information content (AvgIpc) is 3.16. The number of benzene rings is 2. The molecule has 0 radical (unpaired) electrons. The molecule has 0 spiro atoms. The summed E-state index contributed by atoms with van der Waals surface area (Å²) in [6, 6.07) is 15.9. The normalized spacial score (nSPS) is 20.1. The highest BCUT2D eigenvalue weighted by Gasteiger charge is 2.29. The van der Waals surface area contributed by atoms with Crippen molar-refractivity contribution in [2.45, 2.75) is 25.4 Å². The molecular formula is C21H25N3O3. The van der Waals surface area contributed by atoms with E-state index in [2.05, 4.69) is 27.7 Å². The number of anilines is 2. The van der Waals surface area contributed by atoms with Crippen molar-refractivity contribution in [2.24, 2.45) is 0 Å². The van der Waals surface area contributed by atoms with E-state index in [1.807, 2.05) is 43.3 Å². The molecule has 2 aliphatic rings. The second-order valence-electron chi connectivity index (χ2n) is 7.01. The van der Waals surface area contributed by atoms with Gasteiger partial charge in [0.25, 0.3) is 0 Å². The van der Waals surface area contributed by atoms with Gasteiger partial charge in [0.2, 0.25) is 5.91 Å². The second-order valence-corrected chi connectivity index (χ2v) is 7.01. The Morgan fingerprint density at radius 1 is 1.07 bits per heavy atom. The van der Waals surface area contributed by atoms with Gasteiger partial charge in [-0.2, -0.15) is 0 Å². The number of nitrogens with one attached hydrogen (secondary N) is 2. The molecule has 6 heteroatoms. The van der Waals surface area contributed by atoms with E-state index in [1.54, 1.807) is 0 Å². The Bertz CT molecular complexity index is 797. The first-order valence-corrected chi connectivity index (χ1v) is 9.45. The Hall–Kier alpha value is -2.73. The number of ether oxygens (including phenoxy) is 2.